The number of ether oxygens (including phenoxy) is 1. The van der Waals surface area contributed by atoms with E-state index in [1.807, 2.05) is 0 Å². The first kappa shape index (κ1) is 20.2. The van der Waals surface area contributed by atoms with Crippen molar-refractivity contribution in [2.45, 2.75) is 69.7 Å². The molecule has 168 valence electrons. The van der Waals surface area contributed by atoms with Gasteiger partial charge in [0.15, 0.2) is 0 Å². The van der Waals surface area contributed by atoms with E-state index in [0.717, 1.165) is 39.0 Å². The Labute approximate surface area is 187 Å². The van der Waals surface area contributed by atoms with E-state index in [1.54, 1.807) is 0 Å². The zero-order valence-electron chi connectivity index (χ0n) is 19.1. The third kappa shape index (κ3) is 3.28. The smallest absolute Gasteiger partial charge is 0.226 e. The number of piperidine rings is 3. The van der Waals surface area contributed by atoms with Gasteiger partial charge in [0.05, 0.1) is 12.0 Å². The summed E-state index contributed by atoms with van der Waals surface area (Å²) in [6.45, 7) is 7.19. The second-order valence-corrected chi connectivity index (χ2v) is 11.8. The zero-order chi connectivity index (χ0) is 21.1. The van der Waals surface area contributed by atoms with Gasteiger partial charge in [-0.1, -0.05) is 30.3 Å². The number of nitrogens with one attached hydrogen (secondary N) is 1. The maximum atomic E-state index is 14.1. The summed E-state index contributed by atoms with van der Waals surface area (Å²) in [6, 6.07) is 11.5. The Hall–Kier alpha value is -1.39. The highest BCUT2D eigenvalue weighted by atomic mass is 16.5. The fourth-order valence-corrected chi connectivity index (χ4v) is 8.93. The van der Waals surface area contributed by atoms with E-state index < -0.39 is 0 Å². The molecule has 4 aliphatic carbocycles. The molecule has 1 aromatic rings. The van der Waals surface area contributed by atoms with Gasteiger partial charge in [-0.15, -0.1) is 0 Å². The van der Waals surface area contributed by atoms with Crippen LogP contribution in [0.25, 0.3) is 0 Å². The molecule has 5 atom stereocenters. The minimum atomic E-state index is -0.210. The van der Waals surface area contributed by atoms with Crippen molar-refractivity contribution in [1.82, 2.24) is 10.2 Å². The van der Waals surface area contributed by atoms with Crippen LogP contribution in [-0.2, 0) is 14.9 Å². The minimum absolute atomic E-state index is 0.143. The van der Waals surface area contributed by atoms with Crippen molar-refractivity contribution in [2.75, 3.05) is 32.8 Å². The first-order valence-electron chi connectivity index (χ1n) is 12.7. The molecule has 1 amide bonds. The SMILES string of the molecule is CCOC[C@]12CC3CC(C(=O)N[C@H]4CN5CCC4CC5)(C1)C[C@@](c1ccccc1)(C3)C2. The van der Waals surface area contributed by atoms with Crippen molar-refractivity contribution in [1.29, 1.82) is 0 Å². The van der Waals surface area contributed by atoms with Crippen LogP contribution in [0.2, 0.25) is 0 Å². The average Bonchev–Trinajstić information content (AvgIpc) is 2.78. The van der Waals surface area contributed by atoms with Gasteiger partial charge in [0.2, 0.25) is 5.91 Å². The predicted octanol–water partition coefficient (Wildman–Crippen LogP) is 4.14. The number of carbonyl (C=O) groups excluding carboxylic acids is 1. The van der Waals surface area contributed by atoms with Crippen LogP contribution in [0.4, 0.5) is 0 Å². The number of rotatable bonds is 6. The van der Waals surface area contributed by atoms with Gasteiger partial charge < -0.3 is 15.0 Å². The van der Waals surface area contributed by atoms with Crippen molar-refractivity contribution in [2.24, 2.45) is 22.7 Å². The third-order valence-corrected chi connectivity index (χ3v) is 9.64. The number of hydrogen-bond donors (Lipinski definition) is 1. The van der Waals surface area contributed by atoms with Gasteiger partial charge in [0.25, 0.3) is 0 Å². The molecular weight excluding hydrogens is 384 g/mol. The van der Waals surface area contributed by atoms with Gasteiger partial charge in [-0.2, -0.15) is 0 Å². The minimum Gasteiger partial charge on any atom is -0.381 e. The van der Waals surface area contributed by atoms with E-state index in [1.165, 1.54) is 50.8 Å². The summed E-state index contributed by atoms with van der Waals surface area (Å²) in [4.78, 5) is 16.6. The lowest BCUT2D eigenvalue weighted by atomic mass is 9.38. The molecule has 1 aromatic carbocycles. The first-order valence-corrected chi connectivity index (χ1v) is 12.7. The van der Waals surface area contributed by atoms with Gasteiger partial charge in [-0.3, -0.25) is 4.79 Å². The predicted molar refractivity (Wildman–Crippen MR) is 122 cm³/mol. The van der Waals surface area contributed by atoms with Crippen LogP contribution in [0.3, 0.4) is 0 Å². The summed E-state index contributed by atoms with van der Waals surface area (Å²) in [7, 11) is 0. The topological polar surface area (TPSA) is 41.6 Å². The highest BCUT2D eigenvalue weighted by Gasteiger charge is 2.66. The lowest BCUT2D eigenvalue weighted by molar-refractivity contribution is -0.173. The van der Waals surface area contributed by atoms with Crippen LogP contribution >= 0.6 is 0 Å². The maximum absolute atomic E-state index is 14.1. The van der Waals surface area contributed by atoms with Crippen molar-refractivity contribution in [3.63, 3.8) is 0 Å². The molecular formula is C27H38N2O2. The van der Waals surface area contributed by atoms with E-state index in [0.29, 0.717) is 23.8 Å². The molecule has 4 saturated carbocycles. The Bertz CT molecular complexity index is 835. The summed E-state index contributed by atoms with van der Waals surface area (Å²) < 4.78 is 6.08. The van der Waals surface area contributed by atoms with Crippen LogP contribution in [0.5, 0.6) is 0 Å². The normalized spacial score (nSPS) is 45.1. The summed E-state index contributed by atoms with van der Waals surface area (Å²) in [6.07, 6.45) is 9.33. The second-order valence-electron chi connectivity index (χ2n) is 11.8. The van der Waals surface area contributed by atoms with E-state index in [-0.39, 0.29) is 16.2 Å². The molecule has 1 N–H and O–H groups in total. The van der Waals surface area contributed by atoms with Crippen LogP contribution in [0.15, 0.2) is 30.3 Å². The molecule has 4 heteroatoms. The molecule has 4 nitrogen and oxygen atoms in total. The molecule has 0 radical (unpaired) electrons. The van der Waals surface area contributed by atoms with Crippen LogP contribution in [0, 0.1) is 22.7 Å². The monoisotopic (exact) mass is 422 g/mol. The summed E-state index contributed by atoms with van der Waals surface area (Å²) in [5, 5.41) is 3.63. The van der Waals surface area contributed by atoms with E-state index >= 15 is 0 Å². The van der Waals surface area contributed by atoms with E-state index in [9.17, 15) is 4.79 Å². The van der Waals surface area contributed by atoms with Crippen molar-refractivity contribution in [3.8, 4) is 0 Å². The Morgan fingerprint density at radius 2 is 1.90 bits per heavy atom. The molecule has 7 fully saturated rings. The Kier molecular flexibility index (Phi) is 4.77. The zero-order valence-corrected chi connectivity index (χ0v) is 19.1. The molecule has 3 aliphatic heterocycles. The number of hydrogen-bond acceptors (Lipinski definition) is 3. The lowest BCUT2D eigenvalue weighted by Crippen LogP contribution is -2.66. The van der Waals surface area contributed by atoms with Crippen LogP contribution in [-0.4, -0.2) is 49.7 Å². The number of fused-ring (bicyclic) bond motifs is 3. The molecule has 0 aromatic heterocycles. The number of nitrogens with zero attached hydrogens (tertiary/aromatic N) is 1. The van der Waals surface area contributed by atoms with Gasteiger partial charge >= 0.3 is 0 Å². The van der Waals surface area contributed by atoms with Crippen molar-refractivity contribution < 1.29 is 9.53 Å². The second kappa shape index (κ2) is 7.31. The van der Waals surface area contributed by atoms with E-state index in [2.05, 4.69) is 47.5 Å². The molecule has 3 saturated heterocycles. The summed E-state index contributed by atoms with van der Waals surface area (Å²) in [5.74, 6) is 1.70. The molecule has 8 rings (SSSR count). The van der Waals surface area contributed by atoms with Crippen molar-refractivity contribution in [3.05, 3.63) is 35.9 Å². The molecule has 31 heavy (non-hydrogen) atoms. The first-order chi connectivity index (χ1) is 15.0. The van der Waals surface area contributed by atoms with Gasteiger partial charge in [-0.05, 0) is 99.6 Å². The molecule has 0 spiro atoms. The van der Waals surface area contributed by atoms with Crippen molar-refractivity contribution >= 4 is 5.91 Å². The molecule has 6 bridgehead atoms. The molecule has 7 aliphatic rings. The average molecular weight is 423 g/mol. The summed E-state index contributed by atoms with van der Waals surface area (Å²) in [5.41, 5.74) is 1.56. The lowest BCUT2D eigenvalue weighted by Gasteiger charge is -2.66. The summed E-state index contributed by atoms with van der Waals surface area (Å²) >= 11 is 0. The standard InChI is InChI=1S/C27H38N2O2/c1-2-31-19-25-12-20-13-26(16-25,22-6-4-3-5-7-22)18-27(14-20,17-25)24(30)28-23-15-29-10-8-21(23)9-11-29/h3-7,20-21,23H,2,8-19H2,1H3,(H,28,30)/t20?,23-,25-,26+,27?/m0/s1. The Balaban J connectivity index is 1.32. The largest absolute Gasteiger partial charge is 0.381 e. The number of carbonyl (C=O) groups is 1. The number of benzene rings is 1. The Morgan fingerprint density at radius 3 is 2.61 bits per heavy atom. The quantitative estimate of drug-likeness (QED) is 0.749. The fraction of sp³-hybridized carbons (Fsp3) is 0.741. The molecule has 3 heterocycles. The maximum Gasteiger partial charge on any atom is 0.226 e. The Morgan fingerprint density at radius 1 is 1.10 bits per heavy atom. The van der Waals surface area contributed by atoms with Gasteiger partial charge in [0.1, 0.15) is 0 Å². The highest BCUT2D eigenvalue weighted by Crippen LogP contribution is 2.70. The van der Waals surface area contributed by atoms with Gasteiger partial charge in [0, 0.05) is 19.2 Å². The fourth-order valence-electron chi connectivity index (χ4n) is 8.93. The third-order valence-electron chi connectivity index (χ3n) is 9.64. The van der Waals surface area contributed by atoms with E-state index in [4.69, 9.17) is 4.74 Å². The number of amides is 1. The van der Waals surface area contributed by atoms with Gasteiger partial charge in [-0.25, -0.2) is 0 Å². The molecule has 2 unspecified atom stereocenters. The highest BCUT2D eigenvalue weighted by molar-refractivity contribution is 5.84. The van der Waals surface area contributed by atoms with Crippen LogP contribution < -0.4 is 5.32 Å². The van der Waals surface area contributed by atoms with Crippen LogP contribution in [0.1, 0.15) is 63.9 Å².